The number of piperidine rings is 1. The first-order valence-corrected chi connectivity index (χ1v) is 7.15. The molecule has 0 unspecified atom stereocenters. The maximum absolute atomic E-state index is 12.5. The third-order valence-electron chi connectivity index (χ3n) is 4.28. The largest absolute Gasteiger partial charge is 0.366 e. The Bertz CT molecular complexity index is 558. The zero-order valence-corrected chi connectivity index (χ0v) is 12.3. The highest BCUT2D eigenvalue weighted by Crippen LogP contribution is 2.23. The maximum atomic E-state index is 12.5. The summed E-state index contributed by atoms with van der Waals surface area (Å²) in [5.74, 6) is -0.0603. The molecule has 1 aromatic rings. The molecule has 2 aliphatic heterocycles. The Kier molecular flexibility index (Phi) is 3.63. The van der Waals surface area contributed by atoms with Crippen molar-refractivity contribution in [1.82, 2.24) is 14.8 Å². The Balaban J connectivity index is 1.74. The minimum absolute atomic E-state index is 0.0254. The zero-order valence-electron chi connectivity index (χ0n) is 12.3. The number of carbonyl (C=O) groups is 2. The molecule has 2 fully saturated rings. The third kappa shape index (κ3) is 2.63. The summed E-state index contributed by atoms with van der Waals surface area (Å²) < 4.78 is 5.57. The van der Waals surface area contributed by atoms with E-state index in [1.54, 1.807) is 29.1 Å². The number of likely N-dealkylation sites (N-methyl/N-ethyl adjacent to an activating group) is 1. The Labute approximate surface area is 123 Å². The van der Waals surface area contributed by atoms with Crippen LogP contribution in [-0.2, 0) is 9.53 Å². The smallest absolute Gasteiger partial charge is 0.255 e. The van der Waals surface area contributed by atoms with E-state index < -0.39 is 0 Å². The molecular formula is C15H19N3O3. The van der Waals surface area contributed by atoms with Crippen LogP contribution >= 0.6 is 0 Å². The van der Waals surface area contributed by atoms with E-state index in [1.165, 1.54) is 0 Å². The van der Waals surface area contributed by atoms with Crippen molar-refractivity contribution >= 4 is 11.8 Å². The van der Waals surface area contributed by atoms with Crippen LogP contribution in [0.5, 0.6) is 0 Å². The number of morpholine rings is 1. The molecule has 2 saturated heterocycles. The molecular weight excluding hydrogens is 270 g/mol. The molecule has 3 heterocycles. The van der Waals surface area contributed by atoms with Gasteiger partial charge in [-0.3, -0.25) is 14.6 Å². The van der Waals surface area contributed by atoms with Crippen LogP contribution in [0.25, 0.3) is 0 Å². The molecule has 2 atom stereocenters. The average molecular weight is 289 g/mol. The lowest BCUT2D eigenvalue weighted by Gasteiger charge is -2.45. The summed E-state index contributed by atoms with van der Waals surface area (Å²) in [7, 11) is 1.78. The molecule has 3 rings (SSSR count). The standard InChI is InChI=1S/C15H19N3O3/c1-10-3-4-11(7-16-10)15(20)18-6-5-13-12(8-18)17(2)14(19)9-21-13/h3-4,7,12-13H,5-6,8-9H2,1-2H3/t12-,13-/m0/s1. The first-order valence-electron chi connectivity index (χ1n) is 7.15. The molecule has 0 aliphatic carbocycles. The average Bonchev–Trinajstić information content (AvgIpc) is 2.51. The minimum Gasteiger partial charge on any atom is -0.366 e. The van der Waals surface area contributed by atoms with Crippen LogP contribution < -0.4 is 0 Å². The van der Waals surface area contributed by atoms with Gasteiger partial charge in [-0.15, -0.1) is 0 Å². The van der Waals surface area contributed by atoms with Crippen LogP contribution in [0.4, 0.5) is 0 Å². The summed E-state index contributed by atoms with van der Waals surface area (Å²) in [5, 5.41) is 0. The number of hydrogen-bond acceptors (Lipinski definition) is 4. The van der Waals surface area contributed by atoms with Gasteiger partial charge in [0.15, 0.2) is 0 Å². The van der Waals surface area contributed by atoms with Crippen molar-refractivity contribution < 1.29 is 14.3 Å². The van der Waals surface area contributed by atoms with Gasteiger partial charge in [-0.1, -0.05) is 0 Å². The van der Waals surface area contributed by atoms with E-state index >= 15 is 0 Å². The number of pyridine rings is 1. The predicted octanol–water partition coefficient (Wildman–Crippen LogP) is 0.462. The summed E-state index contributed by atoms with van der Waals surface area (Å²) in [5.41, 5.74) is 1.47. The van der Waals surface area contributed by atoms with Crippen LogP contribution in [0, 0.1) is 6.92 Å². The van der Waals surface area contributed by atoms with Crippen molar-refractivity contribution in [2.45, 2.75) is 25.5 Å². The lowest BCUT2D eigenvalue weighted by Crippen LogP contribution is -2.61. The fraction of sp³-hybridized carbons (Fsp3) is 0.533. The highest BCUT2D eigenvalue weighted by atomic mass is 16.5. The lowest BCUT2D eigenvalue weighted by atomic mass is 9.98. The number of hydrogen-bond donors (Lipinski definition) is 0. The molecule has 6 heteroatoms. The van der Waals surface area contributed by atoms with Crippen molar-refractivity contribution in [2.24, 2.45) is 0 Å². The Hall–Kier alpha value is -1.95. The van der Waals surface area contributed by atoms with E-state index in [0.717, 1.165) is 12.1 Å². The SMILES string of the molecule is Cc1ccc(C(=O)N2CC[C@@H]3OCC(=O)N(C)[C@H]3C2)cn1. The number of amides is 2. The van der Waals surface area contributed by atoms with Crippen LogP contribution in [0.2, 0.25) is 0 Å². The number of carbonyl (C=O) groups excluding carboxylic acids is 2. The van der Waals surface area contributed by atoms with Gasteiger partial charge in [0, 0.05) is 32.0 Å². The normalized spacial score (nSPS) is 25.7. The van der Waals surface area contributed by atoms with Crippen LogP contribution in [-0.4, -0.2) is 65.5 Å². The molecule has 0 radical (unpaired) electrons. The quantitative estimate of drug-likeness (QED) is 0.753. The molecule has 6 nitrogen and oxygen atoms in total. The highest BCUT2D eigenvalue weighted by molar-refractivity contribution is 5.94. The van der Waals surface area contributed by atoms with Gasteiger partial charge < -0.3 is 14.5 Å². The molecule has 0 N–H and O–H groups in total. The molecule has 2 aliphatic rings. The number of aromatic nitrogens is 1. The third-order valence-corrected chi connectivity index (χ3v) is 4.28. The second-order valence-electron chi connectivity index (χ2n) is 5.65. The maximum Gasteiger partial charge on any atom is 0.255 e. The van der Waals surface area contributed by atoms with E-state index in [9.17, 15) is 9.59 Å². The molecule has 2 amide bonds. The topological polar surface area (TPSA) is 62.7 Å². The number of nitrogens with zero attached hydrogens (tertiary/aromatic N) is 3. The second-order valence-corrected chi connectivity index (χ2v) is 5.65. The summed E-state index contributed by atoms with van der Waals surface area (Å²) in [6.07, 6.45) is 2.40. The monoisotopic (exact) mass is 289 g/mol. The van der Waals surface area contributed by atoms with Gasteiger partial charge in [-0.05, 0) is 25.5 Å². The van der Waals surface area contributed by atoms with Gasteiger partial charge in [0.2, 0.25) is 5.91 Å². The van der Waals surface area contributed by atoms with Crippen LogP contribution in [0.15, 0.2) is 18.3 Å². The molecule has 21 heavy (non-hydrogen) atoms. The summed E-state index contributed by atoms with van der Waals surface area (Å²) in [6, 6.07) is 3.57. The van der Waals surface area contributed by atoms with Gasteiger partial charge in [0.25, 0.3) is 5.91 Å². The molecule has 0 spiro atoms. The van der Waals surface area contributed by atoms with E-state index in [0.29, 0.717) is 18.7 Å². The van der Waals surface area contributed by atoms with E-state index in [4.69, 9.17) is 4.74 Å². The number of fused-ring (bicyclic) bond motifs is 1. The zero-order chi connectivity index (χ0) is 15.0. The number of likely N-dealkylation sites (tertiary alicyclic amines) is 1. The predicted molar refractivity (Wildman–Crippen MR) is 75.8 cm³/mol. The first-order chi connectivity index (χ1) is 10.1. The van der Waals surface area contributed by atoms with Crippen molar-refractivity contribution in [2.75, 3.05) is 26.7 Å². The van der Waals surface area contributed by atoms with Gasteiger partial charge in [0.1, 0.15) is 6.61 Å². The number of rotatable bonds is 1. The lowest BCUT2D eigenvalue weighted by molar-refractivity contribution is -0.159. The van der Waals surface area contributed by atoms with Gasteiger partial charge in [-0.25, -0.2) is 0 Å². The second kappa shape index (κ2) is 5.44. The van der Waals surface area contributed by atoms with Gasteiger partial charge >= 0.3 is 0 Å². The highest BCUT2D eigenvalue weighted by Gasteiger charge is 2.39. The minimum atomic E-state index is -0.0534. The molecule has 112 valence electrons. The van der Waals surface area contributed by atoms with Crippen molar-refractivity contribution in [1.29, 1.82) is 0 Å². The summed E-state index contributed by atoms with van der Waals surface area (Å²) in [4.78, 5) is 31.9. The Morgan fingerprint density at radius 2 is 2.24 bits per heavy atom. The molecule has 0 bridgehead atoms. The van der Waals surface area contributed by atoms with Crippen molar-refractivity contribution in [3.8, 4) is 0 Å². The van der Waals surface area contributed by atoms with Crippen LogP contribution in [0.3, 0.4) is 0 Å². The van der Waals surface area contributed by atoms with Crippen molar-refractivity contribution in [3.63, 3.8) is 0 Å². The Morgan fingerprint density at radius 3 is 2.95 bits per heavy atom. The molecule has 0 aromatic carbocycles. The van der Waals surface area contributed by atoms with Crippen LogP contribution in [0.1, 0.15) is 22.5 Å². The number of ether oxygens (including phenoxy) is 1. The summed E-state index contributed by atoms with van der Waals surface area (Å²) >= 11 is 0. The number of aryl methyl sites for hydroxylation is 1. The van der Waals surface area contributed by atoms with Crippen molar-refractivity contribution in [3.05, 3.63) is 29.6 Å². The molecule has 0 saturated carbocycles. The van der Waals surface area contributed by atoms with E-state index in [-0.39, 0.29) is 30.6 Å². The van der Waals surface area contributed by atoms with Gasteiger partial charge in [-0.2, -0.15) is 0 Å². The first kappa shape index (κ1) is 14.0. The fourth-order valence-electron chi connectivity index (χ4n) is 2.90. The molecule has 1 aromatic heterocycles. The summed E-state index contributed by atoms with van der Waals surface area (Å²) in [6.45, 7) is 3.20. The van der Waals surface area contributed by atoms with E-state index in [2.05, 4.69) is 4.98 Å². The fourth-order valence-corrected chi connectivity index (χ4v) is 2.90. The van der Waals surface area contributed by atoms with Gasteiger partial charge in [0.05, 0.1) is 17.7 Å². The Morgan fingerprint density at radius 1 is 1.43 bits per heavy atom. The van der Waals surface area contributed by atoms with E-state index in [1.807, 2.05) is 13.0 Å².